The number of amides is 2. The number of nitrogens with zero attached hydrogens (tertiary/aromatic N) is 1. The van der Waals surface area contributed by atoms with E-state index in [1.54, 1.807) is 4.90 Å². The van der Waals surface area contributed by atoms with Crippen molar-refractivity contribution in [1.82, 2.24) is 5.32 Å². The largest absolute Gasteiger partial charge is 0.337 e. The highest BCUT2D eigenvalue weighted by atomic mass is 16.2. The maximum absolute atomic E-state index is 12.5. The third-order valence-corrected chi connectivity index (χ3v) is 4.14. The van der Waals surface area contributed by atoms with E-state index < -0.39 is 0 Å². The van der Waals surface area contributed by atoms with Crippen molar-refractivity contribution in [3.8, 4) is 0 Å². The van der Waals surface area contributed by atoms with Crippen LogP contribution >= 0.6 is 0 Å². The predicted octanol–water partition coefficient (Wildman–Crippen LogP) is 4.51. The van der Waals surface area contributed by atoms with Crippen molar-refractivity contribution in [2.75, 3.05) is 18.0 Å². The molecule has 2 aromatic rings. The maximum Gasteiger partial charge on any atom is 0.321 e. The van der Waals surface area contributed by atoms with Crippen molar-refractivity contribution >= 4 is 11.7 Å². The second-order valence-corrected chi connectivity index (χ2v) is 6.49. The summed E-state index contributed by atoms with van der Waals surface area (Å²) in [6.45, 7) is 9.60. The molecule has 2 aromatic carbocycles. The van der Waals surface area contributed by atoms with Crippen molar-refractivity contribution in [3.63, 3.8) is 0 Å². The van der Waals surface area contributed by atoms with Gasteiger partial charge in [0.1, 0.15) is 0 Å². The summed E-state index contributed by atoms with van der Waals surface area (Å²) in [7, 11) is 0. The Morgan fingerprint density at radius 1 is 1.04 bits per heavy atom. The van der Waals surface area contributed by atoms with E-state index in [0.29, 0.717) is 13.1 Å². The third-order valence-electron chi connectivity index (χ3n) is 4.14. The van der Waals surface area contributed by atoms with Crippen LogP contribution in [0.3, 0.4) is 0 Å². The second kappa shape index (κ2) is 7.32. The highest BCUT2D eigenvalue weighted by Gasteiger charge is 2.23. The number of para-hydroxylation sites is 1. The van der Waals surface area contributed by atoms with Gasteiger partial charge in [0.2, 0.25) is 0 Å². The summed E-state index contributed by atoms with van der Waals surface area (Å²) < 4.78 is 0. The topological polar surface area (TPSA) is 32.3 Å². The van der Waals surface area contributed by atoms with Gasteiger partial charge in [-0.15, -0.1) is 0 Å². The number of carbonyl (C=O) groups is 1. The van der Waals surface area contributed by atoms with Crippen LogP contribution in [0.15, 0.2) is 54.6 Å². The van der Waals surface area contributed by atoms with E-state index in [0.717, 1.165) is 5.69 Å². The van der Waals surface area contributed by atoms with E-state index in [4.69, 9.17) is 0 Å². The highest BCUT2D eigenvalue weighted by molar-refractivity contribution is 5.91. The lowest BCUT2D eigenvalue weighted by Gasteiger charge is -2.28. The Kier molecular flexibility index (Phi) is 5.43. The lowest BCUT2D eigenvalue weighted by molar-refractivity contribution is 0.244. The molecule has 0 aliphatic heterocycles. The molecule has 1 N–H and O–H groups in total. The van der Waals surface area contributed by atoms with Crippen LogP contribution in [0.5, 0.6) is 0 Å². The summed E-state index contributed by atoms with van der Waals surface area (Å²) in [6.07, 6.45) is 0. The summed E-state index contributed by atoms with van der Waals surface area (Å²) in [5, 5.41) is 3.07. The van der Waals surface area contributed by atoms with Gasteiger partial charge in [0.05, 0.1) is 0 Å². The zero-order valence-electron chi connectivity index (χ0n) is 14.5. The molecular formula is C20H26N2O. The minimum Gasteiger partial charge on any atom is -0.337 e. The van der Waals surface area contributed by atoms with Crippen LogP contribution in [-0.4, -0.2) is 19.1 Å². The molecular weight excluding hydrogens is 284 g/mol. The second-order valence-electron chi connectivity index (χ2n) is 6.49. The van der Waals surface area contributed by atoms with Crippen molar-refractivity contribution in [1.29, 1.82) is 0 Å². The molecule has 0 aliphatic rings. The highest BCUT2D eigenvalue weighted by Crippen LogP contribution is 2.23. The van der Waals surface area contributed by atoms with E-state index in [1.165, 1.54) is 11.1 Å². The summed E-state index contributed by atoms with van der Waals surface area (Å²) in [5.41, 5.74) is 3.28. The van der Waals surface area contributed by atoms with Crippen molar-refractivity contribution in [3.05, 3.63) is 65.7 Å². The Morgan fingerprint density at radius 2 is 1.65 bits per heavy atom. The molecule has 0 saturated carbocycles. The Balaban J connectivity index is 2.03. The first-order valence-electron chi connectivity index (χ1n) is 8.11. The molecule has 0 heterocycles. The van der Waals surface area contributed by atoms with Crippen LogP contribution in [0, 0.1) is 6.92 Å². The number of nitrogens with one attached hydrogen (secondary N) is 1. The number of hydrogen-bond acceptors (Lipinski definition) is 1. The number of rotatable bonds is 5. The molecule has 0 aliphatic carbocycles. The van der Waals surface area contributed by atoms with Gasteiger partial charge < -0.3 is 5.32 Å². The molecule has 0 atom stereocenters. The zero-order chi connectivity index (χ0) is 16.9. The quantitative estimate of drug-likeness (QED) is 0.866. The molecule has 0 radical (unpaired) electrons. The van der Waals surface area contributed by atoms with Crippen LogP contribution < -0.4 is 10.2 Å². The molecule has 0 bridgehead atoms. The molecule has 0 unspecified atom stereocenters. The van der Waals surface area contributed by atoms with E-state index >= 15 is 0 Å². The number of benzene rings is 2. The fourth-order valence-corrected chi connectivity index (χ4v) is 2.55. The normalized spacial score (nSPS) is 11.1. The van der Waals surface area contributed by atoms with Gasteiger partial charge in [-0.05, 0) is 31.5 Å². The average molecular weight is 310 g/mol. The fourth-order valence-electron chi connectivity index (χ4n) is 2.55. The molecule has 0 saturated heterocycles. The van der Waals surface area contributed by atoms with Crippen LogP contribution in [0.4, 0.5) is 10.5 Å². The maximum atomic E-state index is 12.5. The average Bonchev–Trinajstić information content (AvgIpc) is 2.55. The molecule has 3 nitrogen and oxygen atoms in total. The summed E-state index contributed by atoms with van der Waals surface area (Å²) in [6, 6.07) is 18.2. The standard InChI is InChI=1S/C20H26N2O/c1-5-22(18-9-7-6-8-10-18)19(23)21-15-20(3,4)17-13-11-16(2)12-14-17/h6-14H,5,15H2,1-4H3,(H,21,23). The van der Waals surface area contributed by atoms with Gasteiger partial charge in [0, 0.05) is 24.2 Å². The van der Waals surface area contributed by atoms with Crippen molar-refractivity contribution in [2.45, 2.75) is 33.1 Å². The Hall–Kier alpha value is -2.29. The molecule has 23 heavy (non-hydrogen) atoms. The number of urea groups is 1. The summed E-state index contributed by atoms with van der Waals surface area (Å²) >= 11 is 0. The Bertz CT molecular complexity index is 632. The van der Waals surface area contributed by atoms with Crippen LogP contribution in [-0.2, 0) is 5.41 Å². The molecule has 0 aromatic heterocycles. The first-order chi connectivity index (χ1) is 10.9. The monoisotopic (exact) mass is 310 g/mol. The minimum absolute atomic E-state index is 0.0566. The number of aryl methyl sites for hydroxylation is 1. The van der Waals surface area contributed by atoms with Gasteiger partial charge >= 0.3 is 6.03 Å². The fraction of sp³-hybridized carbons (Fsp3) is 0.350. The summed E-state index contributed by atoms with van der Waals surface area (Å²) in [5.74, 6) is 0. The van der Waals surface area contributed by atoms with E-state index in [2.05, 4.69) is 50.4 Å². The van der Waals surface area contributed by atoms with Crippen molar-refractivity contribution in [2.24, 2.45) is 0 Å². The first kappa shape index (κ1) is 17.1. The predicted molar refractivity (Wildman–Crippen MR) is 97.1 cm³/mol. The lowest BCUT2D eigenvalue weighted by atomic mass is 9.84. The number of hydrogen-bond donors (Lipinski definition) is 1. The summed E-state index contributed by atoms with van der Waals surface area (Å²) in [4.78, 5) is 14.3. The van der Waals surface area contributed by atoms with Crippen LogP contribution in [0.2, 0.25) is 0 Å². The molecule has 0 spiro atoms. The third kappa shape index (κ3) is 4.35. The SMILES string of the molecule is CCN(C(=O)NCC(C)(C)c1ccc(C)cc1)c1ccccc1. The lowest BCUT2D eigenvalue weighted by Crippen LogP contribution is -2.44. The van der Waals surface area contributed by atoms with Gasteiger partial charge in [-0.2, -0.15) is 0 Å². The van der Waals surface area contributed by atoms with Gasteiger partial charge in [0.25, 0.3) is 0 Å². The smallest absolute Gasteiger partial charge is 0.321 e. The number of carbonyl (C=O) groups excluding carboxylic acids is 1. The van der Waals surface area contributed by atoms with Gasteiger partial charge in [-0.25, -0.2) is 4.79 Å². The van der Waals surface area contributed by atoms with E-state index in [-0.39, 0.29) is 11.4 Å². The van der Waals surface area contributed by atoms with Gasteiger partial charge in [-0.3, -0.25) is 4.90 Å². The molecule has 2 amide bonds. The molecule has 2 rings (SSSR count). The zero-order valence-corrected chi connectivity index (χ0v) is 14.5. The molecule has 122 valence electrons. The molecule has 0 fully saturated rings. The van der Waals surface area contributed by atoms with Gasteiger partial charge in [0.15, 0.2) is 0 Å². The number of anilines is 1. The van der Waals surface area contributed by atoms with Crippen LogP contribution in [0.25, 0.3) is 0 Å². The van der Waals surface area contributed by atoms with E-state index in [1.807, 2.05) is 37.3 Å². The first-order valence-corrected chi connectivity index (χ1v) is 8.11. The Labute approximate surface area is 139 Å². The van der Waals surface area contributed by atoms with Crippen molar-refractivity contribution < 1.29 is 4.79 Å². The van der Waals surface area contributed by atoms with E-state index in [9.17, 15) is 4.79 Å². The van der Waals surface area contributed by atoms with Crippen LogP contribution in [0.1, 0.15) is 31.9 Å². The van der Waals surface area contributed by atoms with Gasteiger partial charge in [-0.1, -0.05) is 61.9 Å². The molecule has 3 heteroatoms. The Morgan fingerprint density at radius 3 is 2.22 bits per heavy atom. The minimum atomic E-state index is -0.112.